The fourth-order valence-electron chi connectivity index (χ4n) is 4.11. The van der Waals surface area contributed by atoms with Crippen molar-refractivity contribution in [1.82, 2.24) is 10.2 Å². The van der Waals surface area contributed by atoms with E-state index in [9.17, 15) is 18.0 Å². The summed E-state index contributed by atoms with van der Waals surface area (Å²) in [6.45, 7) is 7.60. The van der Waals surface area contributed by atoms with Crippen molar-refractivity contribution < 1.29 is 18.0 Å². The van der Waals surface area contributed by atoms with Gasteiger partial charge in [-0.1, -0.05) is 79.0 Å². The van der Waals surface area contributed by atoms with Crippen LogP contribution < -0.4 is 9.62 Å². The van der Waals surface area contributed by atoms with Crippen molar-refractivity contribution in [2.75, 3.05) is 17.4 Å². The van der Waals surface area contributed by atoms with E-state index < -0.39 is 28.5 Å². The second kappa shape index (κ2) is 13.6. The number of halogens is 1. The van der Waals surface area contributed by atoms with Crippen molar-refractivity contribution >= 4 is 39.1 Å². The number of benzene rings is 3. The SMILES string of the molecule is CCCCNC(=O)[C@@H](C)N(Cc1cccc(C)c1)C(=O)CN(c1ccc(C)c(Cl)c1)S(=O)(=O)c1ccccc1. The fourth-order valence-corrected chi connectivity index (χ4v) is 5.71. The van der Waals surface area contributed by atoms with E-state index in [4.69, 9.17) is 11.6 Å². The summed E-state index contributed by atoms with van der Waals surface area (Å²) >= 11 is 6.36. The van der Waals surface area contributed by atoms with Gasteiger partial charge < -0.3 is 10.2 Å². The number of carbonyl (C=O) groups excluding carboxylic acids is 2. The van der Waals surface area contributed by atoms with Crippen LogP contribution in [0.25, 0.3) is 0 Å². The highest BCUT2D eigenvalue weighted by Crippen LogP contribution is 2.28. The van der Waals surface area contributed by atoms with Crippen LogP contribution >= 0.6 is 11.6 Å². The highest BCUT2D eigenvalue weighted by Gasteiger charge is 2.32. The van der Waals surface area contributed by atoms with Gasteiger partial charge in [0, 0.05) is 18.1 Å². The number of unbranched alkanes of at least 4 members (excludes halogenated alkanes) is 1. The Morgan fingerprint density at radius 3 is 2.33 bits per heavy atom. The predicted octanol–water partition coefficient (Wildman–Crippen LogP) is 5.49. The summed E-state index contributed by atoms with van der Waals surface area (Å²) < 4.78 is 28.7. The van der Waals surface area contributed by atoms with Crippen LogP contribution in [0.3, 0.4) is 0 Å². The number of anilines is 1. The lowest BCUT2D eigenvalue weighted by Crippen LogP contribution is -2.51. The number of nitrogens with one attached hydrogen (secondary N) is 1. The Hall–Kier alpha value is -3.36. The summed E-state index contributed by atoms with van der Waals surface area (Å²) in [5, 5.41) is 3.27. The van der Waals surface area contributed by atoms with Crippen molar-refractivity contribution in [3.05, 3.63) is 94.5 Å². The molecule has 0 spiro atoms. The summed E-state index contributed by atoms with van der Waals surface area (Å²) in [6, 6.07) is 19.7. The van der Waals surface area contributed by atoms with E-state index in [1.54, 1.807) is 37.3 Å². The first-order valence-electron chi connectivity index (χ1n) is 13.0. The molecule has 39 heavy (non-hydrogen) atoms. The Kier molecular flexibility index (Phi) is 10.5. The molecule has 0 saturated carbocycles. The molecule has 1 atom stereocenters. The van der Waals surface area contributed by atoms with Crippen LogP contribution in [0.4, 0.5) is 5.69 Å². The highest BCUT2D eigenvalue weighted by molar-refractivity contribution is 7.92. The lowest BCUT2D eigenvalue weighted by atomic mass is 10.1. The third-order valence-electron chi connectivity index (χ3n) is 6.49. The van der Waals surface area contributed by atoms with Crippen molar-refractivity contribution in [2.24, 2.45) is 0 Å². The Labute approximate surface area is 236 Å². The normalized spacial score (nSPS) is 12.0. The summed E-state index contributed by atoms with van der Waals surface area (Å²) in [5.74, 6) is -0.800. The van der Waals surface area contributed by atoms with Crippen molar-refractivity contribution in [3.63, 3.8) is 0 Å². The largest absolute Gasteiger partial charge is 0.354 e. The Bertz CT molecular complexity index is 1400. The molecule has 0 radical (unpaired) electrons. The molecule has 2 amide bonds. The van der Waals surface area contributed by atoms with Gasteiger partial charge in [-0.3, -0.25) is 13.9 Å². The Morgan fingerprint density at radius 2 is 1.69 bits per heavy atom. The monoisotopic (exact) mass is 569 g/mol. The van der Waals surface area contributed by atoms with E-state index in [0.717, 1.165) is 33.8 Å². The molecule has 0 aliphatic heterocycles. The van der Waals surface area contributed by atoms with Gasteiger partial charge >= 0.3 is 0 Å². The zero-order valence-electron chi connectivity index (χ0n) is 22.9. The third-order valence-corrected chi connectivity index (χ3v) is 8.68. The number of hydrogen-bond donors (Lipinski definition) is 1. The minimum absolute atomic E-state index is 0.0464. The van der Waals surface area contributed by atoms with Crippen molar-refractivity contribution in [2.45, 2.75) is 58.0 Å². The average Bonchev–Trinajstić information content (AvgIpc) is 2.92. The quantitative estimate of drug-likeness (QED) is 0.292. The third kappa shape index (κ3) is 7.83. The van der Waals surface area contributed by atoms with Gasteiger partial charge in [0.05, 0.1) is 10.6 Å². The maximum Gasteiger partial charge on any atom is 0.264 e. The fraction of sp³-hybridized carbons (Fsp3) is 0.333. The molecule has 0 saturated heterocycles. The van der Waals surface area contributed by atoms with E-state index in [-0.39, 0.29) is 23.0 Å². The molecule has 0 heterocycles. The molecule has 0 unspecified atom stereocenters. The molecule has 0 aromatic heterocycles. The standard InChI is InChI=1S/C30H36ClN3O4S/c1-5-6-17-32-30(36)24(4)33(20-25-12-10-11-22(2)18-25)29(35)21-34(26-16-15-23(3)28(31)19-26)39(37,38)27-13-8-7-9-14-27/h7-16,18-19,24H,5-6,17,20-21H2,1-4H3,(H,32,36)/t24-/m1/s1. The molecule has 0 aliphatic rings. The van der Waals surface area contributed by atoms with Gasteiger partial charge in [-0.2, -0.15) is 0 Å². The van der Waals surface area contributed by atoms with Crippen LogP contribution in [-0.4, -0.2) is 44.3 Å². The number of amides is 2. The predicted molar refractivity (Wildman–Crippen MR) is 156 cm³/mol. The van der Waals surface area contributed by atoms with Gasteiger partial charge in [-0.05, 0) is 62.6 Å². The lowest BCUT2D eigenvalue weighted by molar-refractivity contribution is -0.139. The second-order valence-corrected chi connectivity index (χ2v) is 11.9. The van der Waals surface area contributed by atoms with Gasteiger partial charge in [0.25, 0.3) is 10.0 Å². The first-order chi connectivity index (χ1) is 18.5. The van der Waals surface area contributed by atoms with Gasteiger partial charge in [0.1, 0.15) is 12.6 Å². The number of aryl methyl sites for hydroxylation is 2. The van der Waals surface area contributed by atoms with Gasteiger partial charge in [0.15, 0.2) is 0 Å². The van der Waals surface area contributed by atoms with Crippen LogP contribution in [0.2, 0.25) is 5.02 Å². The first-order valence-corrected chi connectivity index (χ1v) is 14.8. The Balaban J connectivity index is 2.01. The number of nitrogens with zero attached hydrogens (tertiary/aromatic N) is 2. The number of sulfonamides is 1. The summed E-state index contributed by atoms with van der Waals surface area (Å²) in [6.07, 6.45) is 1.74. The summed E-state index contributed by atoms with van der Waals surface area (Å²) in [4.78, 5) is 28.4. The van der Waals surface area contributed by atoms with Crippen LogP contribution in [0.5, 0.6) is 0 Å². The molecule has 3 rings (SSSR count). The van der Waals surface area contributed by atoms with E-state index in [0.29, 0.717) is 11.6 Å². The lowest BCUT2D eigenvalue weighted by Gasteiger charge is -2.32. The average molecular weight is 570 g/mol. The van der Waals surface area contributed by atoms with Crippen LogP contribution in [0, 0.1) is 13.8 Å². The molecule has 3 aromatic carbocycles. The second-order valence-electron chi connectivity index (χ2n) is 9.59. The summed E-state index contributed by atoms with van der Waals surface area (Å²) in [7, 11) is -4.13. The van der Waals surface area contributed by atoms with Gasteiger partial charge in [-0.15, -0.1) is 0 Å². The number of carbonyl (C=O) groups is 2. The smallest absolute Gasteiger partial charge is 0.264 e. The molecule has 0 aliphatic carbocycles. The van der Waals surface area contributed by atoms with Gasteiger partial charge in [-0.25, -0.2) is 8.42 Å². The molecule has 9 heteroatoms. The summed E-state index contributed by atoms with van der Waals surface area (Å²) in [5.41, 5.74) is 2.90. The van der Waals surface area contributed by atoms with Crippen LogP contribution in [0.1, 0.15) is 43.4 Å². The molecule has 7 nitrogen and oxygen atoms in total. The van der Waals surface area contributed by atoms with E-state index in [1.165, 1.54) is 23.1 Å². The molecular formula is C30H36ClN3O4S. The topological polar surface area (TPSA) is 86.8 Å². The maximum atomic E-state index is 13.9. The molecule has 0 bridgehead atoms. The number of rotatable bonds is 12. The highest BCUT2D eigenvalue weighted by atomic mass is 35.5. The molecule has 1 N–H and O–H groups in total. The van der Waals surface area contributed by atoms with Crippen molar-refractivity contribution in [1.29, 1.82) is 0 Å². The molecule has 3 aromatic rings. The van der Waals surface area contributed by atoms with E-state index in [1.807, 2.05) is 45.0 Å². The minimum atomic E-state index is -4.13. The molecular weight excluding hydrogens is 534 g/mol. The van der Waals surface area contributed by atoms with E-state index in [2.05, 4.69) is 5.32 Å². The van der Waals surface area contributed by atoms with Crippen LogP contribution in [-0.2, 0) is 26.2 Å². The van der Waals surface area contributed by atoms with Gasteiger partial charge in [0.2, 0.25) is 11.8 Å². The van der Waals surface area contributed by atoms with E-state index >= 15 is 0 Å². The number of hydrogen-bond acceptors (Lipinski definition) is 4. The molecule has 208 valence electrons. The zero-order chi connectivity index (χ0) is 28.6. The van der Waals surface area contributed by atoms with Crippen molar-refractivity contribution in [3.8, 4) is 0 Å². The molecule has 0 fully saturated rings. The minimum Gasteiger partial charge on any atom is -0.354 e. The first kappa shape index (κ1) is 30.2. The Morgan fingerprint density at radius 1 is 0.974 bits per heavy atom. The zero-order valence-corrected chi connectivity index (χ0v) is 24.4. The van der Waals surface area contributed by atoms with Crippen LogP contribution in [0.15, 0.2) is 77.7 Å². The maximum absolute atomic E-state index is 13.9.